The Hall–Kier alpha value is 0.380. The highest BCUT2D eigenvalue weighted by Gasteiger charge is 2.39. The number of halogens is 4. The van der Waals surface area contributed by atoms with Crippen LogP contribution in [0.5, 0.6) is 0 Å². The third-order valence-corrected chi connectivity index (χ3v) is 6.10. The van der Waals surface area contributed by atoms with Crippen LogP contribution in [0.15, 0.2) is 18.2 Å². The van der Waals surface area contributed by atoms with Gasteiger partial charge in [0.15, 0.2) is 0 Å². The predicted molar refractivity (Wildman–Crippen MR) is 86.0 cm³/mol. The first kappa shape index (κ1) is 15.8. The van der Waals surface area contributed by atoms with Crippen molar-refractivity contribution < 1.29 is 0 Å². The molecule has 1 saturated carbocycles. The standard InChI is InChI=1S/C15H18Cl4/c16-9-15(10-17,12-3-1-2-4-12)8-11-5-6-13(18)14(19)7-11/h5-7,12H,1-4,8-10H2. The monoisotopic (exact) mass is 338 g/mol. The Balaban J connectivity index is 2.21. The third-order valence-electron chi connectivity index (χ3n) is 4.29. The van der Waals surface area contributed by atoms with Gasteiger partial charge in [0, 0.05) is 17.2 Å². The van der Waals surface area contributed by atoms with E-state index >= 15 is 0 Å². The third kappa shape index (κ3) is 3.53. The highest BCUT2D eigenvalue weighted by atomic mass is 35.5. The Morgan fingerprint density at radius 3 is 2.16 bits per heavy atom. The first-order valence-electron chi connectivity index (χ1n) is 6.67. The number of rotatable bonds is 5. The highest BCUT2D eigenvalue weighted by Crippen LogP contribution is 2.44. The van der Waals surface area contributed by atoms with Gasteiger partial charge in [-0.15, -0.1) is 23.2 Å². The molecule has 1 aliphatic rings. The van der Waals surface area contributed by atoms with Gasteiger partial charge in [-0.05, 0) is 42.9 Å². The second kappa shape index (κ2) is 6.89. The van der Waals surface area contributed by atoms with Gasteiger partial charge in [-0.3, -0.25) is 0 Å². The summed E-state index contributed by atoms with van der Waals surface area (Å²) in [6.07, 6.45) is 5.94. The van der Waals surface area contributed by atoms with Gasteiger partial charge in [0.25, 0.3) is 0 Å². The van der Waals surface area contributed by atoms with Crippen molar-refractivity contribution in [1.82, 2.24) is 0 Å². The number of alkyl halides is 2. The molecule has 4 heteroatoms. The molecule has 2 rings (SSSR count). The summed E-state index contributed by atoms with van der Waals surface area (Å²) in [5.41, 5.74) is 1.15. The van der Waals surface area contributed by atoms with E-state index in [9.17, 15) is 0 Å². The largest absolute Gasteiger partial charge is 0.126 e. The zero-order valence-corrected chi connectivity index (χ0v) is 13.8. The maximum absolute atomic E-state index is 6.28. The maximum Gasteiger partial charge on any atom is 0.0595 e. The van der Waals surface area contributed by atoms with E-state index in [-0.39, 0.29) is 5.41 Å². The first-order valence-corrected chi connectivity index (χ1v) is 8.49. The van der Waals surface area contributed by atoms with Crippen molar-refractivity contribution in [2.45, 2.75) is 32.1 Å². The van der Waals surface area contributed by atoms with Crippen LogP contribution >= 0.6 is 46.4 Å². The lowest BCUT2D eigenvalue weighted by Crippen LogP contribution is -2.35. The second-order valence-electron chi connectivity index (χ2n) is 5.54. The van der Waals surface area contributed by atoms with Gasteiger partial charge in [-0.2, -0.15) is 0 Å². The van der Waals surface area contributed by atoms with Gasteiger partial charge >= 0.3 is 0 Å². The molecule has 0 bridgehead atoms. The summed E-state index contributed by atoms with van der Waals surface area (Å²) in [7, 11) is 0. The zero-order valence-electron chi connectivity index (χ0n) is 10.8. The fourth-order valence-electron chi connectivity index (χ4n) is 3.09. The highest BCUT2D eigenvalue weighted by molar-refractivity contribution is 6.42. The van der Waals surface area contributed by atoms with E-state index in [1.54, 1.807) is 0 Å². The lowest BCUT2D eigenvalue weighted by Gasteiger charge is -2.36. The molecule has 0 nitrogen and oxygen atoms in total. The Kier molecular flexibility index (Phi) is 5.72. The van der Waals surface area contributed by atoms with Crippen molar-refractivity contribution in [3.8, 4) is 0 Å². The number of benzene rings is 1. The van der Waals surface area contributed by atoms with Crippen molar-refractivity contribution in [2.75, 3.05) is 11.8 Å². The van der Waals surface area contributed by atoms with E-state index in [1.807, 2.05) is 18.2 Å². The van der Waals surface area contributed by atoms with Gasteiger partial charge in [0.05, 0.1) is 10.0 Å². The Labute approximate surface area is 135 Å². The summed E-state index contributed by atoms with van der Waals surface area (Å²) in [6, 6.07) is 5.81. The second-order valence-corrected chi connectivity index (χ2v) is 6.89. The number of hydrogen-bond donors (Lipinski definition) is 0. The average Bonchev–Trinajstić information content (AvgIpc) is 2.95. The molecule has 1 aromatic carbocycles. The van der Waals surface area contributed by atoms with Gasteiger partial charge in [-0.25, -0.2) is 0 Å². The van der Waals surface area contributed by atoms with Gasteiger partial charge in [0.1, 0.15) is 0 Å². The van der Waals surface area contributed by atoms with Crippen LogP contribution in [0.3, 0.4) is 0 Å². The van der Waals surface area contributed by atoms with Crippen LogP contribution in [0.1, 0.15) is 31.2 Å². The van der Waals surface area contributed by atoms with E-state index in [1.165, 1.54) is 31.2 Å². The smallest absolute Gasteiger partial charge is 0.0595 e. The Morgan fingerprint density at radius 2 is 1.63 bits per heavy atom. The molecule has 0 saturated heterocycles. The van der Waals surface area contributed by atoms with Crippen molar-refractivity contribution >= 4 is 46.4 Å². The summed E-state index contributed by atoms with van der Waals surface area (Å²) in [5, 5.41) is 1.19. The molecule has 106 valence electrons. The summed E-state index contributed by atoms with van der Waals surface area (Å²) in [5.74, 6) is 1.82. The fourth-order valence-corrected chi connectivity index (χ4v) is 4.32. The normalized spacial score (nSPS) is 17.1. The van der Waals surface area contributed by atoms with E-state index in [0.717, 1.165) is 6.42 Å². The molecule has 0 radical (unpaired) electrons. The summed E-state index contributed by atoms with van der Waals surface area (Å²) in [6.45, 7) is 0. The van der Waals surface area contributed by atoms with Crippen LogP contribution < -0.4 is 0 Å². The molecule has 1 aliphatic carbocycles. The Bertz CT molecular complexity index is 420. The quantitative estimate of drug-likeness (QED) is 0.561. The molecule has 0 atom stereocenters. The molecule has 1 aromatic rings. The minimum absolute atomic E-state index is 0.0171. The summed E-state index contributed by atoms with van der Waals surface area (Å²) >= 11 is 24.6. The van der Waals surface area contributed by atoms with Crippen molar-refractivity contribution in [2.24, 2.45) is 11.3 Å². The maximum atomic E-state index is 6.28. The lowest BCUT2D eigenvalue weighted by atomic mass is 9.73. The van der Waals surface area contributed by atoms with Crippen LogP contribution in [0.2, 0.25) is 10.0 Å². The number of hydrogen-bond acceptors (Lipinski definition) is 0. The van der Waals surface area contributed by atoms with Crippen LogP contribution in [0.4, 0.5) is 0 Å². The molecule has 0 unspecified atom stereocenters. The molecule has 0 aromatic heterocycles. The topological polar surface area (TPSA) is 0 Å². The van der Waals surface area contributed by atoms with Gasteiger partial charge in [-0.1, -0.05) is 42.1 Å². The molecule has 19 heavy (non-hydrogen) atoms. The van der Waals surface area contributed by atoms with E-state index in [4.69, 9.17) is 46.4 Å². The van der Waals surface area contributed by atoms with Crippen LogP contribution in [-0.2, 0) is 6.42 Å². The lowest BCUT2D eigenvalue weighted by molar-refractivity contribution is 0.225. The molecule has 0 amide bonds. The molecule has 0 heterocycles. The molecule has 0 aliphatic heterocycles. The van der Waals surface area contributed by atoms with Gasteiger partial charge < -0.3 is 0 Å². The Morgan fingerprint density at radius 1 is 1.00 bits per heavy atom. The SMILES string of the molecule is ClCC(CCl)(Cc1ccc(Cl)c(Cl)c1)C1CCCC1. The predicted octanol–water partition coefficient (Wildman–Crippen LogP) is 6.19. The van der Waals surface area contributed by atoms with Crippen LogP contribution in [0, 0.1) is 11.3 Å². The molecule has 1 fully saturated rings. The molecule has 0 N–H and O–H groups in total. The first-order chi connectivity index (χ1) is 9.11. The zero-order chi connectivity index (χ0) is 13.9. The van der Waals surface area contributed by atoms with Crippen molar-refractivity contribution in [3.05, 3.63) is 33.8 Å². The van der Waals surface area contributed by atoms with E-state index in [0.29, 0.717) is 27.7 Å². The van der Waals surface area contributed by atoms with Gasteiger partial charge in [0.2, 0.25) is 0 Å². The summed E-state index contributed by atoms with van der Waals surface area (Å²) < 4.78 is 0. The molecule has 0 spiro atoms. The summed E-state index contributed by atoms with van der Waals surface area (Å²) in [4.78, 5) is 0. The average molecular weight is 340 g/mol. The van der Waals surface area contributed by atoms with Crippen molar-refractivity contribution in [1.29, 1.82) is 0 Å². The van der Waals surface area contributed by atoms with Crippen LogP contribution in [-0.4, -0.2) is 11.8 Å². The fraction of sp³-hybridized carbons (Fsp3) is 0.600. The van der Waals surface area contributed by atoms with E-state index in [2.05, 4.69) is 0 Å². The van der Waals surface area contributed by atoms with E-state index < -0.39 is 0 Å². The van der Waals surface area contributed by atoms with Crippen LogP contribution in [0.25, 0.3) is 0 Å². The minimum Gasteiger partial charge on any atom is -0.126 e. The molecular weight excluding hydrogens is 322 g/mol. The molecular formula is C15H18Cl4. The van der Waals surface area contributed by atoms with Crippen molar-refractivity contribution in [3.63, 3.8) is 0 Å². The minimum atomic E-state index is -0.0171.